The van der Waals surface area contributed by atoms with Crippen LogP contribution >= 0.6 is 0 Å². The van der Waals surface area contributed by atoms with Gasteiger partial charge in [-0.15, -0.1) is 0 Å². The van der Waals surface area contributed by atoms with E-state index in [-0.39, 0.29) is 12.3 Å². The zero-order chi connectivity index (χ0) is 12.4. The van der Waals surface area contributed by atoms with Crippen molar-refractivity contribution < 1.29 is 14.4 Å². The van der Waals surface area contributed by atoms with E-state index in [9.17, 15) is 14.4 Å². The molecule has 1 saturated heterocycles. The highest BCUT2D eigenvalue weighted by Crippen LogP contribution is 2.29. The molecule has 0 atom stereocenters. The molecule has 1 saturated carbocycles. The average molecular weight is 238 g/mol. The molecule has 1 N–H and O–H groups in total. The number of barbiturate groups is 1. The minimum absolute atomic E-state index is 0.200. The Morgan fingerprint density at radius 2 is 1.82 bits per heavy atom. The standard InChI is InChI=1S/C12H18N2O3/c1-8-2-4-9(5-3-8)7-14-11(16)6-10(15)13-12(14)17/h8-9H,2-7H2,1H3,(H,13,15,17). The van der Waals surface area contributed by atoms with Crippen LogP contribution in [0.3, 0.4) is 0 Å². The average Bonchev–Trinajstić information content (AvgIpc) is 2.26. The van der Waals surface area contributed by atoms with Gasteiger partial charge in [0.1, 0.15) is 6.42 Å². The van der Waals surface area contributed by atoms with E-state index >= 15 is 0 Å². The zero-order valence-electron chi connectivity index (χ0n) is 10.1. The van der Waals surface area contributed by atoms with Crippen LogP contribution in [0.1, 0.15) is 39.0 Å². The van der Waals surface area contributed by atoms with Crippen molar-refractivity contribution in [3.05, 3.63) is 0 Å². The van der Waals surface area contributed by atoms with Gasteiger partial charge in [-0.1, -0.05) is 19.8 Å². The van der Waals surface area contributed by atoms with Crippen molar-refractivity contribution in [3.8, 4) is 0 Å². The Balaban J connectivity index is 1.91. The molecule has 17 heavy (non-hydrogen) atoms. The molecule has 0 unspecified atom stereocenters. The van der Waals surface area contributed by atoms with Crippen LogP contribution in [-0.4, -0.2) is 29.3 Å². The summed E-state index contributed by atoms with van der Waals surface area (Å²) in [5, 5.41) is 2.19. The van der Waals surface area contributed by atoms with Crippen molar-refractivity contribution >= 4 is 17.8 Å². The van der Waals surface area contributed by atoms with Crippen LogP contribution in [0.2, 0.25) is 0 Å². The van der Waals surface area contributed by atoms with E-state index in [1.807, 2.05) is 0 Å². The number of imide groups is 2. The molecule has 5 heteroatoms. The third-order valence-corrected chi connectivity index (χ3v) is 3.68. The highest BCUT2D eigenvalue weighted by Gasteiger charge is 2.33. The van der Waals surface area contributed by atoms with Gasteiger partial charge in [-0.3, -0.25) is 19.8 Å². The number of nitrogens with one attached hydrogen (secondary N) is 1. The van der Waals surface area contributed by atoms with Gasteiger partial charge < -0.3 is 0 Å². The molecule has 4 amide bonds. The van der Waals surface area contributed by atoms with Gasteiger partial charge in [-0.25, -0.2) is 4.79 Å². The molecule has 94 valence electrons. The van der Waals surface area contributed by atoms with Crippen LogP contribution in [-0.2, 0) is 9.59 Å². The largest absolute Gasteiger partial charge is 0.330 e. The Bertz CT molecular complexity index is 326. The minimum atomic E-state index is -0.551. The lowest BCUT2D eigenvalue weighted by Crippen LogP contribution is -2.54. The summed E-state index contributed by atoms with van der Waals surface area (Å²) in [7, 11) is 0. The molecular weight excluding hydrogens is 220 g/mol. The number of carbonyl (C=O) groups excluding carboxylic acids is 3. The van der Waals surface area contributed by atoms with Gasteiger partial charge >= 0.3 is 6.03 Å². The molecule has 1 aliphatic carbocycles. The first-order valence-corrected chi connectivity index (χ1v) is 6.20. The second-order valence-electron chi connectivity index (χ2n) is 5.16. The smallest absolute Gasteiger partial charge is 0.277 e. The van der Waals surface area contributed by atoms with Gasteiger partial charge in [0.2, 0.25) is 11.8 Å². The number of hydrogen-bond donors (Lipinski definition) is 1. The summed E-state index contributed by atoms with van der Waals surface area (Å²) in [5.41, 5.74) is 0. The second-order valence-corrected chi connectivity index (χ2v) is 5.16. The van der Waals surface area contributed by atoms with Gasteiger partial charge in [0, 0.05) is 6.54 Å². The molecular formula is C12H18N2O3. The van der Waals surface area contributed by atoms with Crippen LogP contribution in [0.5, 0.6) is 0 Å². The molecule has 5 nitrogen and oxygen atoms in total. The second kappa shape index (κ2) is 4.85. The fourth-order valence-corrected chi connectivity index (χ4v) is 2.53. The zero-order valence-corrected chi connectivity index (χ0v) is 10.1. The van der Waals surface area contributed by atoms with Crippen LogP contribution in [0.4, 0.5) is 4.79 Å². The molecule has 0 aromatic heterocycles. The molecule has 0 bridgehead atoms. The fourth-order valence-electron chi connectivity index (χ4n) is 2.53. The van der Waals surface area contributed by atoms with E-state index in [0.717, 1.165) is 31.6 Å². The summed E-state index contributed by atoms with van der Waals surface area (Å²) in [5.74, 6) is 0.290. The molecule has 0 radical (unpaired) electrons. The van der Waals surface area contributed by atoms with E-state index in [1.165, 1.54) is 4.90 Å². The normalized spacial score (nSPS) is 30.4. The Labute approximate surface area is 101 Å². The number of nitrogens with zero attached hydrogens (tertiary/aromatic N) is 1. The monoisotopic (exact) mass is 238 g/mol. The quantitative estimate of drug-likeness (QED) is 0.737. The van der Waals surface area contributed by atoms with Gasteiger partial charge in [-0.2, -0.15) is 0 Å². The Hall–Kier alpha value is -1.39. The van der Waals surface area contributed by atoms with Crippen LogP contribution < -0.4 is 5.32 Å². The Morgan fingerprint density at radius 3 is 2.41 bits per heavy atom. The minimum Gasteiger partial charge on any atom is -0.277 e. The van der Waals surface area contributed by atoms with E-state index in [2.05, 4.69) is 12.2 Å². The van der Waals surface area contributed by atoms with Crippen LogP contribution in [0.15, 0.2) is 0 Å². The summed E-state index contributed by atoms with van der Waals surface area (Å²) in [4.78, 5) is 35.3. The van der Waals surface area contributed by atoms with E-state index in [4.69, 9.17) is 0 Å². The molecule has 2 rings (SSSR count). The summed E-state index contributed by atoms with van der Waals surface area (Å²) in [6.45, 7) is 2.69. The predicted molar refractivity (Wildman–Crippen MR) is 61.0 cm³/mol. The first kappa shape index (κ1) is 12.1. The first-order chi connectivity index (χ1) is 8.06. The third-order valence-electron chi connectivity index (χ3n) is 3.68. The molecule has 0 aromatic rings. The number of amides is 4. The maximum absolute atomic E-state index is 11.6. The SMILES string of the molecule is CC1CCC(CN2C(=O)CC(=O)NC2=O)CC1. The van der Waals surface area contributed by atoms with Crippen LogP contribution in [0.25, 0.3) is 0 Å². The van der Waals surface area contributed by atoms with E-state index in [1.54, 1.807) is 0 Å². The van der Waals surface area contributed by atoms with E-state index < -0.39 is 11.9 Å². The van der Waals surface area contributed by atoms with E-state index in [0.29, 0.717) is 12.5 Å². The highest BCUT2D eigenvalue weighted by molar-refractivity contribution is 6.14. The van der Waals surface area contributed by atoms with Gasteiger partial charge in [0.15, 0.2) is 0 Å². The third kappa shape index (κ3) is 2.84. The van der Waals surface area contributed by atoms with Gasteiger partial charge in [-0.05, 0) is 24.7 Å². The number of carbonyl (C=O) groups is 3. The number of urea groups is 1. The lowest BCUT2D eigenvalue weighted by Gasteiger charge is -2.32. The Kier molecular flexibility index (Phi) is 3.45. The molecule has 2 aliphatic rings. The fraction of sp³-hybridized carbons (Fsp3) is 0.750. The van der Waals surface area contributed by atoms with Crippen molar-refractivity contribution in [1.29, 1.82) is 0 Å². The first-order valence-electron chi connectivity index (χ1n) is 6.20. The summed E-state index contributed by atoms with van der Waals surface area (Å²) in [6, 6.07) is -0.551. The van der Waals surface area contributed by atoms with Gasteiger partial charge in [0.05, 0.1) is 0 Å². The van der Waals surface area contributed by atoms with Gasteiger partial charge in [0.25, 0.3) is 0 Å². The van der Waals surface area contributed by atoms with Crippen molar-refractivity contribution in [2.45, 2.75) is 39.0 Å². The molecule has 0 spiro atoms. The lowest BCUT2D eigenvalue weighted by atomic mass is 9.83. The number of rotatable bonds is 2. The molecule has 2 fully saturated rings. The van der Waals surface area contributed by atoms with Crippen molar-refractivity contribution in [3.63, 3.8) is 0 Å². The topological polar surface area (TPSA) is 66.5 Å². The maximum atomic E-state index is 11.6. The Morgan fingerprint density at radius 1 is 1.18 bits per heavy atom. The molecule has 1 aliphatic heterocycles. The highest BCUT2D eigenvalue weighted by atomic mass is 16.2. The molecule has 0 aromatic carbocycles. The predicted octanol–water partition coefficient (Wildman–Crippen LogP) is 1.28. The maximum Gasteiger partial charge on any atom is 0.330 e. The number of hydrogen-bond acceptors (Lipinski definition) is 3. The summed E-state index contributed by atoms with van der Waals surface area (Å²) in [6.07, 6.45) is 4.24. The van der Waals surface area contributed by atoms with Crippen LogP contribution in [0, 0.1) is 11.8 Å². The lowest BCUT2D eigenvalue weighted by molar-refractivity contribution is -0.136. The van der Waals surface area contributed by atoms with Crippen molar-refractivity contribution in [2.75, 3.05) is 6.54 Å². The van der Waals surface area contributed by atoms with Crippen molar-refractivity contribution in [1.82, 2.24) is 10.2 Å². The van der Waals surface area contributed by atoms with Crippen molar-refractivity contribution in [2.24, 2.45) is 11.8 Å². The summed E-state index contributed by atoms with van der Waals surface area (Å²) < 4.78 is 0. The summed E-state index contributed by atoms with van der Waals surface area (Å²) >= 11 is 0. The molecule has 1 heterocycles.